The van der Waals surface area contributed by atoms with Crippen LogP contribution in [0, 0.1) is 22.0 Å². The molecule has 0 radical (unpaired) electrons. The van der Waals surface area contributed by atoms with Gasteiger partial charge in [-0.05, 0) is 37.7 Å². The molecule has 1 aromatic carbocycles. The summed E-state index contributed by atoms with van der Waals surface area (Å²) in [4.78, 5) is 10.4. The minimum atomic E-state index is -4.10. The number of nitro groups is 1. The van der Waals surface area contributed by atoms with Gasteiger partial charge in [0.2, 0.25) is 0 Å². The topological polar surface area (TPSA) is 48.1 Å². The van der Waals surface area contributed by atoms with Gasteiger partial charge in [-0.15, -0.1) is 0 Å². The van der Waals surface area contributed by atoms with Crippen molar-refractivity contribution in [3.8, 4) is 0 Å². The number of nitrogens with zero attached hydrogens (tertiary/aromatic N) is 2. The number of nitro benzene ring substituents is 1. The molecule has 0 atom stereocenters. The van der Waals surface area contributed by atoms with E-state index in [4.69, 9.17) is 11.6 Å². The van der Waals surface area contributed by atoms with E-state index in [2.05, 4.69) is 0 Å². The smallest absolute Gasteiger partial charge is 0.346 e. The number of fused-ring (bicyclic) bond motifs is 1. The summed E-state index contributed by atoms with van der Waals surface area (Å²) in [6, 6.07) is 4.51. The van der Waals surface area contributed by atoms with Crippen molar-refractivity contribution in [2.45, 2.75) is 38.4 Å². The van der Waals surface area contributed by atoms with E-state index >= 15 is 0 Å². The highest BCUT2D eigenvalue weighted by Crippen LogP contribution is 2.40. The summed E-state index contributed by atoms with van der Waals surface area (Å²) < 4.78 is 40.1. The van der Waals surface area contributed by atoms with Crippen LogP contribution in [-0.4, -0.2) is 15.7 Å². The van der Waals surface area contributed by atoms with Crippen molar-refractivity contribution >= 4 is 28.2 Å². The third-order valence-electron chi connectivity index (χ3n) is 4.77. The highest BCUT2D eigenvalue weighted by molar-refractivity contribution is 6.35. The normalized spacial score (nSPS) is 22.0. The standard InChI is InChI=1S/C16H16ClF3N2O2/c17-14-8-13(22(23)24)7-11-5-6-21(15(11)14)9-10-1-3-12(4-2-10)16(18,19)20/h5-8,10,12H,1-4,9H2. The molecule has 0 spiro atoms. The minimum absolute atomic E-state index is 0.0732. The summed E-state index contributed by atoms with van der Waals surface area (Å²) in [7, 11) is 0. The Hall–Kier alpha value is -1.76. The van der Waals surface area contributed by atoms with Gasteiger partial charge in [-0.3, -0.25) is 10.1 Å². The van der Waals surface area contributed by atoms with E-state index in [1.54, 1.807) is 12.3 Å². The van der Waals surface area contributed by atoms with Gasteiger partial charge >= 0.3 is 6.18 Å². The fourth-order valence-corrected chi connectivity index (χ4v) is 3.82. The van der Waals surface area contributed by atoms with Crippen molar-refractivity contribution in [1.82, 2.24) is 4.57 Å². The van der Waals surface area contributed by atoms with Crippen molar-refractivity contribution in [2.24, 2.45) is 11.8 Å². The van der Waals surface area contributed by atoms with Gasteiger partial charge in [0, 0.05) is 30.3 Å². The molecule has 0 unspecified atom stereocenters. The Morgan fingerprint density at radius 3 is 2.50 bits per heavy atom. The highest BCUT2D eigenvalue weighted by atomic mass is 35.5. The van der Waals surface area contributed by atoms with Crippen LogP contribution in [0.5, 0.6) is 0 Å². The Labute approximate surface area is 141 Å². The molecule has 130 valence electrons. The Bertz CT molecular complexity index is 765. The minimum Gasteiger partial charge on any atom is -0.346 e. The molecular formula is C16H16ClF3N2O2. The number of non-ortho nitro benzene ring substituents is 1. The second-order valence-corrected chi connectivity index (χ2v) is 6.76. The molecule has 1 heterocycles. The molecule has 8 heteroatoms. The number of rotatable bonds is 3. The number of hydrogen-bond donors (Lipinski definition) is 0. The van der Waals surface area contributed by atoms with Crippen molar-refractivity contribution in [2.75, 3.05) is 0 Å². The average molecular weight is 361 g/mol. The van der Waals surface area contributed by atoms with Crippen molar-refractivity contribution in [1.29, 1.82) is 0 Å². The maximum absolute atomic E-state index is 12.7. The van der Waals surface area contributed by atoms with Crippen molar-refractivity contribution in [3.63, 3.8) is 0 Å². The Morgan fingerprint density at radius 1 is 1.25 bits per heavy atom. The van der Waals surface area contributed by atoms with Crippen LogP contribution in [0.2, 0.25) is 5.02 Å². The van der Waals surface area contributed by atoms with Gasteiger partial charge in [-0.2, -0.15) is 13.2 Å². The summed E-state index contributed by atoms with van der Waals surface area (Å²) >= 11 is 6.18. The van der Waals surface area contributed by atoms with Crippen LogP contribution >= 0.6 is 11.6 Å². The first-order valence-electron chi connectivity index (χ1n) is 7.75. The summed E-state index contributed by atoms with van der Waals surface area (Å²) in [6.07, 6.45) is -0.953. The molecule has 1 aliphatic carbocycles. The highest BCUT2D eigenvalue weighted by Gasteiger charge is 2.41. The van der Waals surface area contributed by atoms with Crippen molar-refractivity contribution in [3.05, 3.63) is 39.5 Å². The SMILES string of the molecule is O=[N+]([O-])c1cc(Cl)c2c(ccn2CC2CCC(C(F)(F)F)CC2)c1. The van der Waals surface area contributed by atoms with Crippen LogP contribution in [0.15, 0.2) is 24.4 Å². The molecule has 0 aliphatic heterocycles. The fourth-order valence-electron chi connectivity index (χ4n) is 3.49. The number of halogens is 4. The molecule has 1 aliphatic rings. The quantitative estimate of drug-likeness (QED) is 0.530. The third kappa shape index (κ3) is 3.36. The van der Waals surface area contributed by atoms with E-state index in [9.17, 15) is 23.3 Å². The van der Waals surface area contributed by atoms with E-state index in [1.807, 2.05) is 4.57 Å². The van der Waals surface area contributed by atoms with Crippen LogP contribution < -0.4 is 0 Å². The molecule has 0 saturated heterocycles. The van der Waals surface area contributed by atoms with E-state index in [1.165, 1.54) is 12.1 Å². The lowest BCUT2D eigenvalue weighted by molar-refractivity contribution is -0.384. The number of hydrogen-bond acceptors (Lipinski definition) is 2. The monoisotopic (exact) mass is 360 g/mol. The van der Waals surface area contributed by atoms with Crippen LogP contribution in [0.1, 0.15) is 25.7 Å². The first kappa shape index (κ1) is 17.1. The molecule has 2 aromatic rings. The zero-order valence-electron chi connectivity index (χ0n) is 12.7. The fraction of sp³-hybridized carbons (Fsp3) is 0.500. The lowest BCUT2D eigenvalue weighted by Crippen LogP contribution is -2.28. The van der Waals surface area contributed by atoms with Gasteiger partial charge < -0.3 is 4.57 Å². The number of benzene rings is 1. The first-order chi connectivity index (χ1) is 11.3. The summed E-state index contributed by atoms with van der Waals surface area (Å²) in [5, 5.41) is 11.8. The number of aromatic nitrogens is 1. The molecule has 0 bridgehead atoms. The van der Waals surface area contributed by atoms with E-state index in [0.717, 1.165) is 0 Å². The Kier molecular flexibility index (Phi) is 4.46. The average Bonchev–Trinajstić information content (AvgIpc) is 2.90. The largest absolute Gasteiger partial charge is 0.391 e. The molecule has 1 saturated carbocycles. The predicted octanol–water partition coefficient (Wildman–Crippen LogP) is 5.57. The molecule has 1 fully saturated rings. The Balaban J connectivity index is 1.76. The van der Waals surface area contributed by atoms with E-state index in [0.29, 0.717) is 30.3 Å². The van der Waals surface area contributed by atoms with Gasteiger partial charge in [-0.1, -0.05) is 11.6 Å². The van der Waals surface area contributed by atoms with Crippen molar-refractivity contribution < 1.29 is 18.1 Å². The molecule has 24 heavy (non-hydrogen) atoms. The first-order valence-corrected chi connectivity index (χ1v) is 8.13. The third-order valence-corrected chi connectivity index (χ3v) is 5.06. The van der Waals surface area contributed by atoms with Gasteiger partial charge in [0.05, 0.1) is 21.4 Å². The van der Waals surface area contributed by atoms with Gasteiger partial charge in [-0.25, -0.2) is 0 Å². The van der Waals surface area contributed by atoms with Crippen LogP contribution in [0.4, 0.5) is 18.9 Å². The Morgan fingerprint density at radius 2 is 1.92 bits per heavy atom. The number of alkyl halides is 3. The zero-order chi connectivity index (χ0) is 17.5. The van der Waals surface area contributed by atoms with Gasteiger partial charge in [0.25, 0.3) is 5.69 Å². The molecule has 0 amide bonds. The second-order valence-electron chi connectivity index (χ2n) is 6.35. The molecule has 1 aromatic heterocycles. The van der Waals surface area contributed by atoms with Crippen LogP contribution in [0.25, 0.3) is 10.9 Å². The maximum Gasteiger partial charge on any atom is 0.391 e. The molecule has 4 nitrogen and oxygen atoms in total. The molecule has 3 rings (SSSR count). The van der Waals surface area contributed by atoms with E-state index in [-0.39, 0.29) is 29.5 Å². The lowest BCUT2D eigenvalue weighted by atomic mass is 9.81. The summed E-state index contributed by atoms with van der Waals surface area (Å²) in [6.45, 7) is 0.575. The summed E-state index contributed by atoms with van der Waals surface area (Å²) in [5.74, 6) is -1.04. The maximum atomic E-state index is 12.7. The molecular weight excluding hydrogens is 345 g/mol. The zero-order valence-corrected chi connectivity index (χ0v) is 13.5. The molecule has 0 N–H and O–H groups in total. The van der Waals surface area contributed by atoms with Gasteiger partial charge in [0.15, 0.2) is 0 Å². The lowest BCUT2D eigenvalue weighted by Gasteiger charge is -2.30. The van der Waals surface area contributed by atoms with Crippen LogP contribution in [-0.2, 0) is 6.54 Å². The second kappa shape index (κ2) is 6.27. The predicted molar refractivity (Wildman–Crippen MR) is 85.1 cm³/mol. The van der Waals surface area contributed by atoms with E-state index < -0.39 is 17.0 Å². The van der Waals surface area contributed by atoms with Crippen LogP contribution in [0.3, 0.4) is 0 Å². The summed E-state index contributed by atoms with van der Waals surface area (Å²) in [5.41, 5.74) is 0.621. The van der Waals surface area contributed by atoms with Gasteiger partial charge in [0.1, 0.15) is 0 Å².